The molecular formula is C12H16BrN3O2S. The zero-order chi connectivity index (χ0) is 14.8. The second-order valence-corrected chi connectivity index (χ2v) is 7.31. The first-order valence-electron chi connectivity index (χ1n) is 5.85. The third-order valence-electron chi connectivity index (χ3n) is 2.76. The molecule has 1 aromatic rings. The number of benzene rings is 1. The summed E-state index contributed by atoms with van der Waals surface area (Å²) in [6.07, 6.45) is 0. The Morgan fingerprint density at radius 1 is 1.16 bits per heavy atom. The van der Waals surface area contributed by atoms with Gasteiger partial charge in [0.2, 0.25) is 0 Å². The van der Waals surface area contributed by atoms with Crippen LogP contribution in [0, 0.1) is 0 Å². The van der Waals surface area contributed by atoms with Gasteiger partial charge in [0.15, 0.2) is 0 Å². The predicted octanol–water partition coefficient (Wildman–Crippen LogP) is 4.69. The quantitative estimate of drug-likeness (QED) is 0.450. The molecular weight excluding hydrogens is 330 g/mol. The van der Waals surface area contributed by atoms with E-state index in [1.165, 1.54) is 0 Å². The summed E-state index contributed by atoms with van der Waals surface area (Å²) in [5.41, 5.74) is 9.76. The highest BCUT2D eigenvalue weighted by atomic mass is 79.9. The van der Waals surface area contributed by atoms with Crippen molar-refractivity contribution >= 4 is 26.0 Å². The molecule has 1 aromatic carbocycles. The second kappa shape index (κ2) is 5.94. The van der Waals surface area contributed by atoms with E-state index in [4.69, 9.17) is 5.53 Å². The Labute approximate surface area is 121 Å². The van der Waals surface area contributed by atoms with Gasteiger partial charge in [-0.2, -0.15) is 0 Å². The van der Waals surface area contributed by atoms with Crippen LogP contribution in [0.3, 0.4) is 0 Å². The average molecular weight is 346 g/mol. The number of halogens is 1. The van der Waals surface area contributed by atoms with Crippen LogP contribution in [0.5, 0.6) is 0 Å². The Morgan fingerprint density at radius 2 is 1.58 bits per heavy atom. The lowest BCUT2D eigenvalue weighted by Gasteiger charge is -2.18. The Hall–Kier alpha value is -1.04. The van der Waals surface area contributed by atoms with E-state index in [0.29, 0.717) is 11.1 Å². The fraction of sp³-hybridized carbons (Fsp3) is 0.500. The normalized spacial score (nSPS) is 11.7. The van der Waals surface area contributed by atoms with Gasteiger partial charge in [-0.1, -0.05) is 43.6 Å². The molecule has 0 aliphatic rings. The van der Waals surface area contributed by atoms with Crippen molar-refractivity contribution in [3.63, 3.8) is 0 Å². The topological polar surface area (TPSA) is 82.9 Å². The largest absolute Gasteiger partial charge is 0.264 e. The summed E-state index contributed by atoms with van der Waals surface area (Å²) in [7, 11) is -3.99. The van der Waals surface area contributed by atoms with Gasteiger partial charge < -0.3 is 0 Å². The summed E-state index contributed by atoms with van der Waals surface area (Å²) >= 11 is 3.39. The standard InChI is InChI=1S/C12H16BrN3O2S/c1-7(2)10-5-9(13)6-11(8(3)4)12(10)19(17,18)16-15-14/h5-8H,1-4H3. The first-order valence-corrected chi connectivity index (χ1v) is 8.08. The van der Waals surface area contributed by atoms with Crippen molar-refractivity contribution in [2.75, 3.05) is 0 Å². The maximum absolute atomic E-state index is 12.2. The van der Waals surface area contributed by atoms with Crippen LogP contribution in [-0.2, 0) is 10.0 Å². The minimum absolute atomic E-state index is 0.00803. The molecule has 0 amide bonds. The van der Waals surface area contributed by atoms with E-state index in [1.54, 1.807) is 12.1 Å². The molecule has 5 nitrogen and oxygen atoms in total. The van der Waals surface area contributed by atoms with E-state index in [0.717, 1.165) is 4.47 Å². The summed E-state index contributed by atoms with van der Waals surface area (Å²) in [4.78, 5) is 2.57. The Balaban J connectivity index is 3.82. The average Bonchev–Trinajstić information content (AvgIpc) is 2.27. The van der Waals surface area contributed by atoms with Crippen LogP contribution < -0.4 is 0 Å². The van der Waals surface area contributed by atoms with Crippen molar-refractivity contribution in [2.24, 2.45) is 4.52 Å². The highest BCUT2D eigenvalue weighted by molar-refractivity contribution is 9.10. The number of hydrogen-bond acceptors (Lipinski definition) is 2. The molecule has 0 unspecified atom stereocenters. The van der Waals surface area contributed by atoms with Crippen molar-refractivity contribution in [2.45, 2.75) is 44.4 Å². The number of rotatable bonds is 4. The summed E-state index contributed by atoms with van der Waals surface area (Å²) in [6.45, 7) is 7.62. The van der Waals surface area contributed by atoms with Crippen LogP contribution in [0.1, 0.15) is 50.7 Å². The summed E-state index contributed by atoms with van der Waals surface area (Å²) in [5, 5.41) is 0. The molecule has 0 saturated heterocycles. The summed E-state index contributed by atoms with van der Waals surface area (Å²) < 4.78 is 28.1. The van der Waals surface area contributed by atoms with Gasteiger partial charge in [0.1, 0.15) is 0 Å². The fourth-order valence-electron chi connectivity index (χ4n) is 1.88. The zero-order valence-electron chi connectivity index (χ0n) is 11.3. The predicted molar refractivity (Wildman–Crippen MR) is 78.7 cm³/mol. The highest BCUT2D eigenvalue weighted by Gasteiger charge is 2.25. The Bertz CT molecular complexity index is 603. The third-order valence-corrected chi connectivity index (χ3v) is 4.49. The molecule has 0 aliphatic carbocycles. The van der Waals surface area contributed by atoms with Crippen molar-refractivity contribution in [1.82, 2.24) is 0 Å². The van der Waals surface area contributed by atoms with E-state index in [9.17, 15) is 8.42 Å². The molecule has 0 bridgehead atoms. The van der Waals surface area contributed by atoms with Gasteiger partial charge in [-0.15, -0.1) is 0 Å². The van der Waals surface area contributed by atoms with E-state index < -0.39 is 10.0 Å². The van der Waals surface area contributed by atoms with E-state index in [2.05, 4.69) is 25.4 Å². The lowest BCUT2D eigenvalue weighted by atomic mass is 9.95. The molecule has 1 rings (SSSR count). The zero-order valence-corrected chi connectivity index (χ0v) is 13.7. The molecule has 0 fully saturated rings. The van der Waals surface area contributed by atoms with Crippen molar-refractivity contribution in [1.29, 1.82) is 0 Å². The van der Waals surface area contributed by atoms with Gasteiger partial charge in [0, 0.05) is 13.9 Å². The highest BCUT2D eigenvalue weighted by Crippen LogP contribution is 2.35. The van der Waals surface area contributed by atoms with Crippen molar-refractivity contribution < 1.29 is 8.42 Å². The number of nitrogens with zero attached hydrogens (tertiary/aromatic N) is 3. The summed E-state index contributed by atoms with van der Waals surface area (Å²) in [6, 6.07) is 3.52. The molecule has 0 N–H and O–H groups in total. The number of azide groups is 1. The van der Waals surface area contributed by atoms with Gasteiger partial charge >= 0.3 is 0 Å². The molecule has 0 atom stereocenters. The summed E-state index contributed by atoms with van der Waals surface area (Å²) in [5.74, 6) is 0.0161. The van der Waals surface area contributed by atoms with Gasteiger partial charge in [0.25, 0.3) is 10.0 Å². The molecule has 104 valence electrons. The third kappa shape index (κ3) is 3.49. The molecule has 0 aromatic heterocycles. The first kappa shape index (κ1) is 16.0. The minimum Gasteiger partial charge on any atom is -0.216 e. The van der Waals surface area contributed by atoms with Crippen molar-refractivity contribution in [3.05, 3.63) is 38.2 Å². The maximum Gasteiger partial charge on any atom is 0.264 e. The molecule has 0 saturated carbocycles. The minimum atomic E-state index is -3.99. The van der Waals surface area contributed by atoms with Crippen LogP contribution in [0.15, 0.2) is 26.0 Å². The molecule has 7 heteroatoms. The van der Waals surface area contributed by atoms with Gasteiger partial charge in [-0.3, -0.25) is 0 Å². The number of hydrogen-bond donors (Lipinski definition) is 0. The van der Waals surface area contributed by atoms with E-state index in [1.807, 2.05) is 27.7 Å². The molecule has 0 heterocycles. The molecule has 0 aliphatic heterocycles. The van der Waals surface area contributed by atoms with Crippen LogP contribution >= 0.6 is 15.9 Å². The smallest absolute Gasteiger partial charge is 0.216 e. The molecule has 0 radical (unpaired) electrons. The first-order chi connectivity index (χ1) is 8.70. The SMILES string of the molecule is CC(C)c1cc(Br)cc(C(C)C)c1S(=O)(=O)N=[N+]=[N-]. The Morgan fingerprint density at radius 3 is 1.89 bits per heavy atom. The lowest BCUT2D eigenvalue weighted by molar-refractivity contribution is 0.592. The van der Waals surface area contributed by atoms with Crippen LogP contribution in [-0.4, -0.2) is 8.42 Å². The lowest BCUT2D eigenvalue weighted by Crippen LogP contribution is -2.08. The maximum atomic E-state index is 12.2. The molecule has 0 spiro atoms. The second-order valence-electron chi connectivity index (χ2n) is 4.87. The Kier molecular flexibility index (Phi) is 5.01. The van der Waals surface area contributed by atoms with Crippen LogP contribution in [0.4, 0.5) is 0 Å². The number of sulfonamides is 1. The van der Waals surface area contributed by atoms with Crippen molar-refractivity contribution in [3.8, 4) is 0 Å². The van der Waals surface area contributed by atoms with Gasteiger partial charge in [0.05, 0.1) is 4.90 Å². The van der Waals surface area contributed by atoms with Gasteiger partial charge in [-0.25, -0.2) is 8.42 Å². The monoisotopic (exact) mass is 345 g/mol. The van der Waals surface area contributed by atoms with Crippen LogP contribution in [0.2, 0.25) is 0 Å². The fourth-order valence-corrected chi connectivity index (χ4v) is 3.74. The van der Waals surface area contributed by atoms with E-state index in [-0.39, 0.29) is 16.7 Å². The molecule has 19 heavy (non-hydrogen) atoms. The van der Waals surface area contributed by atoms with E-state index >= 15 is 0 Å². The van der Waals surface area contributed by atoms with Gasteiger partial charge in [-0.05, 0) is 40.6 Å². The van der Waals surface area contributed by atoms with Crippen LogP contribution in [0.25, 0.3) is 10.4 Å².